The molecule has 4 aromatic rings. The highest BCUT2D eigenvalue weighted by molar-refractivity contribution is 7.17. The normalized spacial score (nSPS) is 11.0. The first-order valence-electron chi connectivity index (χ1n) is 7.08. The summed E-state index contributed by atoms with van der Waals surface area (Å²) < 4.78 is 2.77. The molecule has 0 aliphatic carbocycles. The summed E-state index contributed by atoms with van der Waals surface area (Å²) in [5, 5.41) is 9.08. The van der Waals surface area contributed by atoms with Crippen LogP contribution >= 0.6 is 11.3 Å². The van der Waals surface area contributed by atoms with Gasteiger partial charge >= 0.3 is 0 Å². The fourth-order valence-electron chi connectivity index (χ4n) is 2.46. The molecule has 0 saturated carbocycles. The maximum Gasteiger partial charge on any atom is 0.268 e. The lowest BCUT2D eigenvalue weighted by Crippen LogP contribution is -2.23. The van der Waals surface area contributed by atoms with Crippen LogP contribution in [0.4, 0.5) is 0 Å². The number of carbonyl (C=O) groups excluding carboxylic acids is 1. The van der Waals surface area contributed by atoms with Gasteiger partial charge < -0.3 is 10.3 Å². The molecular weight excluding hydrogens is 310 g/mol. The summed E-state index contributed by atoms with van der Waals surface area (Å²) in [6, 6.07) is 11.6. The average Bonchev–Trinajstić information content (AvgIpc) is 3.28. The number of aromatic amines is 1. The molecule has 1 amide bonds. The number of rotatable bonds is 4. The number of aromatic nitrogens is 4. The van der Waals surface area contributed by atoms with Crippen molar-refractivity contribution in [1.29, 1.82) is 0 Å². The third-order valence-electron chi connectivity index (χ3n) is 3.58. The van der Waals surface area contributed by atoms with Crippen molar-refractivity contribution < 1.29 is 4.79 Å². The topological polar surface area (TPSA) is 75.6 Å². The number of amides is 1. The zero-order valence-corrected chi connectivity index (χ0v) is 12.9. The zero-order chi connectivity index (χ0) is 15.6. The summed E-state index contributed by atoms with van der Waals surface area (Å²) in [5.41, 5.74) is 3.44. The fraction of sp³-hybridized carbons (Fsp3) is 0.0625. The lowest BCUT2D eigenvalue weighted by Gasteiger charge is -2.09. The molecule has 2 N–H and O–H groups in total. The van der Waals surface area contributed by atoms with Crippen LogP contribution in [0.1, 0.15) is 16.1 Å². The van der Waals surface area contributed by atoms with Gasteiger partial charge in [-0.1, -0.05) is 18.2 Å². The number of hydrogen-bond donors (Lipinski definition) is 2. The summed E-state index contributed by atoms with van der Waals surface area (Å²) in [5.74, 6) is -0.123. The number of nitrogens with one attached hydrogen (secondary N) is 2. The second kappa shape index (κ2) is 5.69. The van der Waals surface area contributed by atoms with Crippen LogP contribution in [0.3, 0.4) is 0 Å². The van der Waals surface area contributed by atoms with Crippen LogP contribution in [0.2, 0.25) is 0 Å². The summed E-state index contributed by atoms with van der Waals surface area (Å²) in [6.45, 7) is 0.418. The Morgan fingerprint density at radius 2 is 2.22 bits per heavy atom. The summed E-state index contributed by atoms with van der Waals surface area (Å²) in [7, 11) is 0. The van der Waals surface area contributed by atoms with E-state index >= 15 is 0 Å². The molecule has 3 aromatic heterocycles. The van der Waals surface area contributed by atoms with Gasteiger partial charge in [0.2, 0.25) is 0 Å². The maximum atomic E-state index is 12.3. The van der Waals surface area contributed by atoms with Gasteiger partial charge in [0.15, 0.2) is 0 Å². The largest absolute Gasteiger partial charge is 0.350 e. The minimum atomic E-state index is -0.123. The highest BCUT2D eigenvalue weighted by atomic mass is 32.1. The minimum absolute atomic E-state index is 0.123. The second-order valence-electron chi connectivity index (χ2n) is 5.03. The molecule has 0 spiro atoms. The predicted molar refractivity (Wildman–Crippen MR) is 88.7 cm³/mol. The first-order valence-corrected chi connectivity index (χ1v) is 7.96. The quantitative estimate of drug-likeness (QED) is 0.606. The molecule has 0 radical (unpaired) electrons. The van der Waals surface area contributed by atoms with Crippen molar-refractivity contribution in [3.63, 3.8) is 0 Å². The SMILES string of the molecule is O=C(NCc1ccccc1-n1cncn1)c1cc2sccc2[nH]1. The van der Waals surface area contributed by atoms with Crippen molar-refractivity contribution in [2.24, 2.45) is 0 Å². The van der Waals surface area contributed by atoms with E-state index < -0.39 is 0 Å². The Morgan fingerprint density at radius 3 is 3.04 bits per heavy atom. The first kappa shape index (κ1) is 13.7. The van der Waals surface area contributed by atoms with Gasteiger partial charge in [-0.2, -0.15) is 5.10 Å². The number of benzene rings is 1. The molecule has 7 heteroatoms. The van der Waals surface area contributed by atoms with Crippen molar-refractivity contribution in [2.45, 2.75) is 6.54 Å². The van der Waals surface area contributed by atoms with Crippen LogP contribution in [-0.2, 0) is 6.54 Å². The van der Waals surface area contributed by atoms with Gasteiger partial charge in [-0.25, -0.2) is 9.67 Å². The van der Waals surface area contributed by atoms with E-state index in [9.17, 15) is 4.79 Å². The van der Waals surface area contributed by atoms with Crippen molar-refractivity contribution in [1.82, 2.24) is 25.1 Å². The lowest BCUT2D eigenvalue weighted by molar-refractivity contribution is 0.0947. The van der Waals surface area contributed by atoms with Crippen molar-refractivity contribution in [3.8, 4) is 5.69 Å². The highest BCUT2D eigenvalue weighted by Crippen LogP contribution is 2.21. The number of nitrogens with zero attached hydrogens (tertiary/aromatic N) is 3. The minimum Gasteiger partial charge on any atom is -0.350 e. The summed E-state index contributed by atoms with van der Waals surface area (Å²) >= 11 is 1.61. The van der Waals surface area contributed by atoms with Gasteiger partial charge in [-0.3, -0.25) is 4.79 Å². The van der Waals surface area contributed by atoms with E-state index in [2.05, 4.69) is 20.4 Å². The van der Waals surface area contributed by atoms with Crippen molar-refractivity contribution in [2.75, 3.05) is 0 Å². The number of para-hydroxylation sites is 1. The molecule has 0 saturated heterocycles. The van der Waals surface area contributed by atoms with Crippen molar-refractivity contribution in [3.05, 3.63) is 65.7 Å². The average molecular weight is 323 g/mol. The van der Waals surface area contributed by atoms with Gasteiger partial charge in [0.25, 0.3) is 5.91 Å². The number of carbonyl (C=O) groups is 1. The molecule has 0 atom stereocenters. The smallest absolute Gasteiger partial charge is 0.268 e. The Hall–Kier alpha value is -2.93. The van der Waals surface area contributed by atoms with Crippen LogP contribution in [0.15, 0.2) is 54.4 Å². The molecule has 0 fully saturated rings. The highest BCUT2D eigenvalue weighted by Gasteiger charge is 2.11. The van der Waals surface area contributed by atoms with Crippen molar-refractivity contribution >= 4 is 27.5 Å². The van der Waals surface area contributed by atoms with Gasteiger partial charge in [0.05, 0.1) is 15.9 Å². The molecule has 114 valence electrons. The zero-order valence-electron chi connectivity index (χ0n) is 12.1. The molecule has 0 bridgehead atoms. The van der Waals surface area contributed by atoms with E-state index in [0.717, 1.165) is 21.5 Å². The van der Waals surface area contributed by atoms with Crippen LogP contribution in [0.5, 0.6) is 0 Å². The van der Waals surface area contributed by atoms with Crippen LogP contribution in [0.25, 0.3) is 15.9 Å². The predicted octanol–water partition coefficient (Wildman–Crippen LogP) is 2.74. The second-order valence-corrected chi connectivity index (χ2v) is 5.98. The molecule has 1 aromatic carbocycles. The van der Waals surface area contributed by atoms with E-state index in [-0.39, 0.29) is 5.91 Å². The summed E-state index contributed by atoms with van der Waals surface area (Å²) in [4.78, 5) is 19.4. The molecule has 0 unspecified atom stereocenters. The third kappa shape index (κ3) is 2.62. The van der Waals surface area contributed by atoms with Gasteiger partial charge in [-0.05, 0) is 29.1 Å². The number of thiophene rings is 1. The number of hydrogen-bond acceptors (Lipinski definition) is 4. The van der Waals surface area contributed by atoms with Crippen LogP contribution < -0.4 is 5.32 Å². The lowest BCUT2D eigenvalue weighted by atomic mass is 10.1. The maximum absolute atomic E-state index is 12.3. The molecular formula is C16H13N5OS. The molecule has 3 heterocycles. The molecule has 6 nitrogen and oxygen atoms in total. The first-order chi connectivity index (χ1) is 11.3. The molecule has 0 aliphatic rings. The van der Waals surface area contributed by atoms with E-state index in [1.807, 2.05) is 41.8 Å². The Bertz CT molecular complexity index is 925. The van der Waals surface area contributed by atoms with E-state index in [1.54, 1.807) is 22.3 Å². The Labute approximate surface area is 135 Å². The van der Waals surface area contributed by atoms with E-state index in [1.165, 1.54) is 6.33 Å². The van der Waals surface area contributed by atoms with Gasteiger partial charge in [-0.15, -0.1) is 11.3 Å². The number of fused-ring (bicyclic) bond motifs is 1. The van der Waals surface area contributed by atoms with Gasteiger partial charge in [0, 0.05) is 6.54 Å². The monoisotopic (exact) mass is 323 g/mol. The summed E-state index contributed by atoms with van der Waals surface area (Å²) in [6.07, 6.45) is 3.13. The third-order valence-corrected chi connectivity index (χ3v) is 4.45. The Balaban J connectivity index is 1.53. The molecule has 0 aliphatic heterocycles. The van der Waals surface area contributed by atoms with E-state index in [4.69, 9.17) is 0 Å². The number of H-pyrrole nitrogens is 1. The fourth-order valence-corrected chi connectivity index (χ4v) is 3.24. The molecule has 4 rings (SSSR count). The Morgan fingerprint density at radius 1 is 1.30 bits per heavy atom. The molecule has 23 heavy (non-hydrogen) atoms. The standard InChI is InChI=1S/C16H13N5OS/c22-16(13-7-15-12(20-13)5-6-23-15)18-8-11-3-1-2-4-14(11)21-10-17-9-19-21/h1-7,9-10,20H,8H2,(H,18,22). The van der Waals surface area contributed by atoms with Crippen LogP contribution in [0, 0.1) is 0 Å². The van der Waals surface area contributed by atoms with Crippen LogP contribution in [-0.4, -0.2) is 25.7 Å². The van der Waals surface area contributed by atoms with E-state index in [0.29, 0.717) is 12.2 Å². The van der Waals surface area contributed by atoms with Gasteiger partial charge in [0.1, 0.15) is 18.3 Å². The Kier molecular flexibility index (Phi) is 3.39.